The number of aromatic nitrogens is 4. The number of aliphatic hydroxyl groups excluding tert-OH is 1. The zero-order valence-corrected chi connectivity index (χ0v) is 20.1. The molecule has 0 bridgehead atoms. The number of pyridine rings is 1. The third-order valence-corrected chi connectivity index (χ3v) is 7.95. The summed E-state index contributed by atoms with van der Waals surface area (Å²) in [6.45, 7) is 1.86. The molecule has 6 rings (SSSR count). The number of aliphatic hydroxyl groups is 2. The third kappa shape index (κ3) is 3.20. The van der Waals surface area contributed by atoms with Gasteiger partial charge >= 0.3 is 0 Å². The summed E-state index contributed by atoms with van der Waals surface area (Å²) in [5.41, 5.74) is 13.7. The van der Waals surface area contributed by atoms with Crippen LogP contribution in [-0.4, -0.2) is 47.5 Å². The van der Waals surface area contributed by atoms with Gasteiger partial charge in [-0.25, -0.2) is 9.97 Å². The van der Waals surface area contributed by atoms with E-state index in [0.29, 0.717) is 24.3 Å². The predicted molar refractivity (Wildman–Crippen MR) is 132 cm³/mol. The van der Waals surface area contributed by atoms with E-state index in [1.54, 1.807) is 10.8 Å². The second kappa shape index (κ2) is 7.61. The summed E-state index contributed by atoms with van der Waals surface area (Å²) >= 11 is 3.42. The molecule has 9 nitrogen and oxygen atoms in total. The molecule has 34 heavy (non-hydrogen) atoms. The van der Waals surface area contributed by atoms with Crippen LogP contribution in [0.2, 0.25) is 0 Å². The Morgan fingerprint density at radius 1 is 1.21 bits per heavy atom. The van der Waals surface area contributed by atoms with E-state index >= 15 is 0 Å². The molecule has 1 aliphatic heterocycles. The van der Waals surface area contributed by atoms with Crippen molar-refractivity contribution >= 4 is 49.6 Å². The Morgan fingerprint density at radius 3 is 2.85 bits per heavy atom. The molecule has 4 aromatic rings. The minimum absolute atomic E-state index is 0.0400. The number of nitrogen functional groups attached to an aromatic ring is 2. The lowest BCUT2D eigenvalue weighted by atomic mass is 9.90. The average molecular weight is 525 g/mol. The highest BCUT2D eigenvalue weighted by atomic mass is 79.9. The van der Waals surface area contributed by atoms with Gasteiger partial charge in [-0.15, -0.1) is 0 Å². The first-order chi connectivity index (χ1) is 16.2. The summed E-state index contributed by atoms with van der Waals surface area (Å²) in [4.78, 5) is 13.0. The Kier molecular flexibility index (Phi) is 4.86. The van der Waals surface area contributed by atoms with Crippen LogP contribution in [0.3, 0.4) is 0 Å². The molecular formula is C24H25BrN6O3. The summed E-state index contributed by atoms with van der Waals surface area (Å²) in [6, 6.07) is 9.95. The van der Waals surface area contributed by atoms with Crippen LogP contribution in [0.4, 0.5) is 11.8 Å². The fourth-order valence-electron chi connectivity index (χ4n) is 5.60. The second-order valence-corrected chi connectivity index (χ2v) is 10.3. The van der Waals surface area contributed by atoms with Crippen LogP contribution in [0.1, 0.15) is 30.3 Å². The van der Waals surface area contributed by atoms with Gasteiger partial charge in [-0.1, -0.05) is 12.1 Å². The number of anilines is 2. The number of fused-ring (bicyclic) bond motifs is 3. The number of halogens is 1. The van der Waals surface area contributed by atoms with Crippen molar-refractivity contribution in [1.82, 2.24) is 19.5 Å². The van der Waals surface area contributed by atoms with Gasteiger partial charge in [-0.05, 0) is 71.8 Å². The standard InChI is InChI=1S/C24H25BrN6O3/c1-11-15-5-7-31(21(15)30-23(27)28-11)22-18(32)24(33)6-4-14(19(24)34-22)8-12-2-3-13-10-16(25)20(26)29-17(13)9-12/h2-3,5,7,9-10,14,18-19,22,32-33H,4,6,8H2,1H3,(H2,26,29)(H2,27,28,30)/t14-,18?,19+,22+,24-/m0/s1. The fraction of sp³-hybridized carbons (Fsp3) is 0.375. The number of nitrogens with zero attached hydrogens (tertiary/aromatic N) is 4. The Bertz CT molecular complexity index is 1440. The van der Waals surface area contributed by atoms with Crippen molar-refractivity contribution in [3.8, 4) is 0 Å². The quantitative estimate of drug-likeness (QED) is 0.320. The number of hydrogen-bond donors (Lipinski definition) is 4. The van der Waals surface area contributed by atoms with Gasteiger partial charge in [0.1, 0.15) is 23.2 Å². The van der Waals surface area contributed by atoms with Crippen molar-refractivity contribution in [3.05, 3.63) is 52.3 Å². The van der Waals surface area contributed by atoms with Crippen molar-refractivity contribution in [2.75, 3.05) is 11.5 Å². The molecule has 2 aliphatic rings. The van der Waals surface area contributed by atoms with Crippen LogP contribution < -0.4 is 11.5 Å². The second-order valence-electron chi connectivity index (χ2n) is 9.40. The van der Waals surface area contributed by atoms with E-state index in [2.05, 4.69) is 36.9 Å². The molecule has 6 N–H and O–H groups in total. The van der Waals surface area contributed by atoms with Gasteiger partial charge in [0.05, 0.1) is 21.8 Å². The molecule has 0 radical (unpaired) electrons. The fourth-order valence-corrected chi connectivity index (χ4v) is 5.94. The molecule has 3 aromatic heterocycles. The summed E-state index contributed by atoms with van der Waals surface area (Å²) in [7, 11) is 0. The summed E-state index contributed by atoms with van der Waals surface area (Å²) in [6.07, 6.45) is 1.34. The molecule has 2 fully saturated rings. The zero-order valence-electron chi connectivity index (χ0n) is 18.5. The van der Waals surface area contributed by atoms with Crippen molar-refractivity contribution in [3.63, 3.8) is 0 Å². The molecule has 0 amide bonds. The largest absolute Gasteiger partial charge is 0.385 e. The van der Waals surface area contributed by atoms with Crippen molar-refractivity contribution in [2.24, 2.45) is 5.92 Å². The topological polar surface area (TPSA) is 145 Å². The van der Waals surface area contributed by atoms with Crippen LogP contribution in [0.15, 0.2) is 41.0 Å². The highest BCUT2D eigenvalue weighted by Crippen LogP contribution is 2.50. The molecule has 1 saturated heterocycles. The predicted octanol–water partition coefficient (Wildman–Crippen LogP) is 2.86. The Morgan fingerprint density at radius 2 is 2.03 bits per heavy atom. The normalized spacial score (nSPS) is 28.7. The van der Waals surface area contributed by atoms with E-state index in [0.717, 1.165) is 38.4 Å². The zero-order chi connectivity index (χ0) is 23.8. The van der Waals surface area contributed by atoms with Crippen molar-refractivity contribution in [1.29, 1.82) is 0 Å². The number of aryl methyl sites for hydroxylation is 1. The number of benzene rings is 1. The number of ether oxygens (including phenoxy) is 1. The maximum atomic E-state index is 11.5. The lowest BCUT2D eigenvalue weighted by Gasteiger charge is -2.26. The van der Waals surface area contributed by atoms with Gasteiger partial charge in [0.2, 0.25) is 5.95 Å². The van der Waals surface area contributed by atoms with E-state index in [4.69, 9.17) is 16.2 Å². The average Bonchev–Trinajstić information content (AvgIpc) is 3.42. The molecule has 0 spiro atoms. The van der Waals surface area contributed by atoms with E-state index in [9.17, 15) is 10.2 Å². The summed E-state index contributed by atoms with van der Waals surface area (Å²) in [5.74, 6) is 0.647. The first kappa shape index (κ1) is 21.7. The number of rotatable bonds is 3. The third-order valence-electron chi connectivity index (χ3n) is 7.32. The van der Waals surface area contributed by atoms with Gasteiger partial charge in [0.15, 0.2) is 6.23 Å². The van der Waals surface area contributed by atoms with Gasteiger partial charge in [0, 0.05) is 17.0 Å². The van der Waals surface area contributed by atoms with Gasteiger partial charge in [-0.3, -0.25) is 0 Å². The molecule has 1 unspecified atom stereocenters. The maximum Gasteiger partial charge on any atom is 0.222 e. The smallest absolute Gasteiger partial charge is 0.222 e. The molecular weight excluding hydrogens is 500 g/mol. The van der Waals surface area contributed by atoms with Gasteiger partial charge in [-0.2, -0.15) is 4.98 Å². The molecule has 176 valence electrons. The van der Waals surface area contributed by atoms with E-state index in [1.165, 1.54) is 0 Å². The summed E-state index contributed by atoms with van der Waals surface area (Å²) < 4.78 is 8.88. The van der Waals surface area contributed by atoms with Crippen molar-refractivity contribution < 1.29 is 14.9 Å². The van der Waals surface area contributed by atoms with Gasteiger partial charge < -0.3 is 31.0 Å². The molecule has 1 saturated carbocycles. The van der Waals surface area contributed by atoms with Crippen LogP contribution >= 0.6 is 15.9 Å². The Labute approximate surface area is 203 Å². The first-order valence-corrected chi connectivity index (χ1v) is 12.0. The Hall–Kier alpha value is -2.79. The maximum absolute atomic E-state index is 11.5. The van der Waals surface area contributed by atoms with Crippen LogP contribution in [0, 0.1) is 12.8 Å². The minimum Gasteiger partial charge on any atom is -0.385 e. The minimum atomic E-state index is -1.33. The lowest BCUT2D eigenvalue weighted by molar-refractivity contribution is -0.0675. The van der Waals surface area contributed by atoms with Crippen LogP contribution in [0.5, 0.6) is 0 Å². The molecule has 1 aromatic carbocycles. The SMILES string of the molecule is Cc1nc(N)nc2c1ccn2[C@@H]1O[C@@H]2[C@H](Cc3ccc4cc(Br)c(N)nc4c3)CC[C@]2(O)C1O. The lowest BCUT2D eigenvalue weighted by Crippen LogP contribution is -2.45. The summed E-state index contributed by atoms with van der Waals surface area (Å²) in [5, 5.41) is 24.5. The highest BCUT2D eigenvalue weighted by molar-refractivity contribution is 9.10. The monoisotopic (exact) mass is 524 g/mol. The molecule has 4 heterocycles. The van der Waals surface area contributed by atoms with E-state index in [-0.39, 0.29) is 11.9 Å². The van der Waals surface area contributed by atoms with E-state index < -0.39 is 24.0 Å². The van der Waals surface area contributed by atoms with Crippen LogP contribution in [-0.2, 0) is 11.2 Å². The Balaban J connectivity index is 1.30. The molecule has 10 heteroatoms. The number of nitrogens with two attached hydrogens (primary N) is 2. The van der Waals surface area contributed by atoms with Gasteiger partial charge in [0.25, 0.3) is 0 Å². The first-order valence-electron chi connectivity index (χ1n) is 11.3. The number of hydrogen-bond acceptors (Lipinski definition) is 8. The highest BCUT2D eigenvalue weighted by Gasteiger charge is 2.61. The molecule has 5 atom stereocenters. The molecule has 1 aliphatic carbocycles. The van der Waals surface area contributed by atoms with E-state index in [1.807, 2.05) is 31.2 Å². The van der Waals surface area contributed by atoms with Crippen molar-refractivity contribution in [2.45, 2.75) is 50.2 Å². The van der Waals surface area contributed by atoms with Crippen LogP contribution in [0.25, 0.3) is 21.9 Å².